The lowest BCUT2D eigenvalue weighted by Gasteiger charge is -2.67. The summed E-state index contributed by atoms with van der Waals surface area (Å²) in [6.45, 7) is 4.65. The monoisotopic (exact) mass is 522 g/mol. The van der Waals surface area contributed by atoms with Gasteiger partial charge in [0.05, 0.1) is 10.8 Å². The molecule has 5 aliphatic carbocycles. The Bertz CT molecular complexity index is 654. The second-order valence-corrected chi connectivity index (χ2v) is 15.2. The highest BCUT2D eigenvalue weighted by Gasteiger charge is 2.79. The van der Waals surface area contributed by atoms with Gasteiger partial charge in [0.25, 0.3) is 0 Å². The number of halogens is 2. The quantitative estimate of drug-likeness (QED) is 0.317. The summed E-state index contributed by atoms with van der Waals surface area (Å²) in [7, 11) is 0. The molecule has 0 heterocycles. The molecule has 5 rings (SSSR count). The van der Waals surface area contributed by atoms with E-state index in [0.29, 0.717) is 5.78 Å². The van der Waals surface area contributed by atoms with E-state index in [-0.39, 0.29) is 0 Å². The van der Waals surface area contributed by atoms with Crippen LogP contribution in [0.15, 0.2) is 0 Å². The van der Waals surface area contributed by atoms with Crippen LogP contribution in [0.25, 0.3) is 0 Å². The van der Waals surface area contributed by atoms with Crippen LogP contribution in [0.1, 0.15) is 142 Å². The van der Waals surface area contributed by atoms with Crippen molar-refractivity contribution < 1.29 is 4.79 Å². The van der Waals surface area contributed by atoms with E-state index in [1.807, 2.05) is 0 Å². The number of rotatable bonds is 6. The maximum Gasteiger partial charge on any atom is 0.151 e. The number of ketones is 1. The number of hydrogen-bond donors (Lipinski definition) is 0. The summed E-state index contributed by atoms with van der Waals surface area (Å²) >= 11 is 14.6. The highest BCUT2D eigenvalue weighted by atomic mass is 35.5. The molecular formula is C32H52Cl2O. The fraction of sp³-hybridized carbons (Fsp3) is 0.969. The van der Waals surface area contributed by atoms with E-state index in [1.54, 1.807) is 0 Å². The zero-order valence-corrected chi connectivity index (χ0v) is 24.3. The van der Waals surface area contributed by atoms with Gasteiger partial charge in [0, 0.05) is 0 Å². The minimum absolute atomic E-state index is 0.433. The lowest BCUT2D eigenvalue weighted by molar-refractivity contribution is -0.173. The molecule has 0 bridgehead atoms. The first-order valence-corrected chi connectivity index (χ1v) is 16.5. The summed E-state index contributed by atoms with van der Waals surface area (Å²) < 4.78 is -0.829. The first-order valence-electron chi connectivity index (χ1n) is 15.8. The largest absolute Gasteiger partial charge is 0.298 e. The summed E-state index contributed by atoms with van der Waals surface area (Å²) in [4.78, 5) is 14.0. The fourth-order valence-corrected chi connectivity index (χ4v) is 11.2. The standard InChI is InChI=1S/C32H52Cl2O/c1-3-5-23-7-11-25(12-8-23)27-15-19-30(20-16-27)29(35)31(32(30,33)34)21-17-28(18-22-31)26-13-9-24(6-4-2)10-14-26/h23-28H,3-22H2,1-2H3. The van der Waals surface area contributed by atoms with Gasteiger partial charge in [-0.1, -0.05) is 88.4 Å². The molecule has 5 fully saturated rings. The minimum atomic E-state index is -0.829. The molecule has 0 aromatic carbocycles. The average Bonchev–Trinajstić information content (AvgIpc) is 2.89. The van der Waals surface area contributed by atoms with E-state index < -0.39 is 15.2 Å². The highest BCUT2D eigenvalue weighted by Crippen LogP contribution is 2.75. The average molecular weight is 524 g/mol. The van der Waals surface area contributed by atoms with Crippen LogP contribution in [0.4, 0.5) is 0 Å². The number of hydrogen-bond acceptors (Lipinski definition) is 1. The first kappa shape index (κ1) is 26.8. The second kappa shape index (κ2) is 10.8. The zero-order valence-electron chi connectivity index (χ0n) is 22.8. The molecule has 2 spiro atoms. The van der Waals surface area contributed by atoms with Crippen molar-refractivity contribution in [2.45, 2.75) is 147 Å². The van der Waals surface area contributed by atoms with Gasteiger partial charge >= 0.3 is 0 Å². The molecule has 0 amide bonds. The van der Waals surface area contributed by atoms with Crippen LogP contribution in [0, 0.1) is 46.3 Å². The summed E-state index contributed by atoms with van der Waals surface area (Å²) in [5.41, 5.74) is -0.867. The van der Waals surface area contributed by atoms with E-state index in [1.165, 1.54) is 103 Å². The van der Waals surface area contributed by atoms with E-state index in [4.69, 9.17) is 23.2 Å². The predicted molar refractivity (Wildman–Crippen MR) is 149 cm³/mol. The van der Waals surface area contributed by atoms with E-state index >= 15 is 0 Å². The molecule has 5 aliphatic rings. The number of Topliss-reactive ketones (excluding diaryl/α,β-unsaturated/α-hetero) is 1. The van der Waals surface area contributed by atoms with Crippen molar-refractivity contribution in [3.05, 3.63) is 0 Å². The Balaban J connectivity index is 1.14. The molecule has 5 saturated carbocycles. The van der Waals surface area contributed by atoms with Crippen molar-refractivity contribution in [3.63, 3.8) is 0 Å². The Morgan fingerprint density at radius 3 is 1.17 bits per heavy atom. The van der Waals surface area contributed by atoms with Gasteiger partial charge in [-0.25, -0.2) is 0 Å². The van der Waals surface area contributed by atoms with Gasteiger partial charge in [0.1, 0.15) is 4.33 Å². The number of carbonyl (C=O) groups excluding carboxylic acids is 1. The molecule has 0 atom stereocenters. The van der Waals surface area contributed by atoms with Gasteiger partial charge in [-0.2, -0.15) is 0 Å². The van der Waals surface area contributed by atoms with Crippen molar-refractivity contribution in [2.75, 3.05) is 0 Å². The molecule has 0 unspecified atom stereocenters. The zero-order chi connectivity index (χ0) is 24.7. The molecule has 1 nitrogen and oxygen atoms in total. The first-order chi connectivity index (χ1) is 16.9. The van der Waals surface area contributed by atoms with Gasteiger partial charge in [-0.05, 0) is 113 Å². The van der Waals surface area contributed by atoms with E-state index in [9.17, 15) is 4.79 Å². The van der Waals surface area contributed by atoms with E-state index in [2.05, 4.69) is 13.8 Å². The maximum atomic E-state index is 14.0. The molecule has 0 radical (unpaired) electrons. The number of carbonyl (C=O) groups is 1. The lowest BCUT2D eigenvalue weighted by atomic mass is 9.41. The van der Waals surface area contributed by atoms with Crippen molar-refractivity contribution in [2.24, 2.45) is 46.3 Å². The molecule has 0 aliphatic heterocycles. The van der Waals surface area contributed by atoms with Crippen molar-refractivity contribution in [3.8, 4) is 0 Å². The SMILES string of the molecule is CCCC1CCC(C2CCC3(CC2)C(=O)C2(CCC(C4CCC(CCC)CC4)CC2)C3(Cl)Cl)CC1. The summed E-state index contributed by atoms with van der Waals surface area (Å²) in [6.07, 6.45) is 25.4. The van der Waals surface area contributed by atoms with Crippen LogP contribution in [-0.4, -0.2) is 10.1 Å². The lowest BCUT2D eigenvalue weighted by Crippen LogP contribution is -2.74. The summed E-state index contributed by atoms with van der Waals surface area (Å²) in [6, 6.07) is 0. The number of alkyl halides is 2. The Labute approximate surface area is 226 Å². The van der Waals surface area contributed by atoms with Gasteiger partial charge in [0.2, 0.25) is 0 Å². The van der Waals surface area contributed by atoms with Gasteiger partial charge in [-0.15, -0.1) is 0 Å². The Kier molecular flexibility index (Phi) is 8.27. The van der Waals surface area contributed by atoms with Crippen LogP contribution in [0.2, 0.25) is 0 Å². The second-order valence-electron chi connectivity index (χ2n) is 13.9. The fourth-order valence-electron chi connectivity index (χ4n) is 10.1. The Hall–Kier alpha value is 0.250. The topological polar surface area (TPSA) is 17.1 Å². The molecular weight excluding hydrogens is 471 g/mol. The third-order valence-corrected chi connectivity index (χ3v) is 13.8. The Morgan fingerprint density at radius 1 is 0.571 bits per heavy atom. The molecule has 0 aromatic heterocycles. The van der Waals surface area contributed by atoms with Crippen LogP contribution in [-0.2, 0) is 4.79 Å². The smallest absolute Gasteiger partial charge is 0.151 e. The third-order valence-electron chi connectivity index (χ3n) is 12.3. The van der Waals surface area contributed by atoms with Crippen molar-refractivity contribution in [1.82, 2.24) is 0 Å². The third kappa shape index (κ3) is 4.57. The van der Waals surface area contributed by atoms with Crippen molar-refractivity contribution >= 4 is 29.0 Å². The molecule has 0 saturated heterocycles. The minimum Gasteiger partial charge on any atom is -0.298 e. The van der Waals surface area contributed by atoms with E-state index in [0.717, 1.165) is 61.2 Å². The van der Waals surface area contributed by atoms with Gasteiger partial charge < -0.3 is 0 Å². The van der Waals surface area contributed by atoms with Crippen LogP contribution >= 0.6 is 23.2 Å². The highest BCUT2D eigenvalue weighted by molar-refractivity contribution is 6.55. The van der Waals surface area contributed by atoms with Crippen LogP contribution in [0.5, 0.6) is 0 Å². The molecule has 200 valence electrons. The maximum absolute atomic E-state index is 14.0. The summed E-state index contributed by atoms with van der Waals surface area (Å²) in [5.74, 6) is 5.79. The Morgan fingerprint density at radius 2 is 0.886 bits per heavy atom. The molecule has 3 heteroatoms. The summed E-state index contributed by atoms with van der Waals surface area (Å²) in [5, 5.41) is 0. The van der Waals surface area contributed by atoms with Crippen molar-refractivity contribution in [1.29, 1.82) is 0 Å². The molecule has 0 aromatic rings. The predicted octanol–water partition coefficient (Wildman–Crippen LogP) is 10.3. The van der Waals surface area contributed by atoms with Gasteiger partial charge in [-0.3, -0.25) is 4.79 Å². The molecule has 35 heavy (non-hydrogen) atoms. The van der Waals surface area contributed by atoms with Crippen LogP contribution in [0.3, 0.4) is 0 Å². The molecule has 0 N–H and O–H groups in total. The normalized spacial score (nSPS) is 46.0. The van der Waals surface area contributed by atoms with Gasteiger partial charge in [0.15, 0.2) is 5.78 Å². The van der Waals surface area contributed by atoms with Crippen LogP contribution < -0.4 is 0 Å².